The van der Waals surface area contributed by atoms with Crippen molar-refractivity contribution in [1.29, 1.82) is 0 Å². The zero-order chi connectivity index (χ0) is 20.8. The molecule has 1 heterocycles. The Morgan fingerprint density at radius 3 is 2.55 bits per heavy atom. The summed E-state index contributed by atoms with van der Waals surface area (Å²) >= 11 is 0. The van der Waals surface area contributed by atoms with Gasteiger partial charge >= 0.3 is 0 Å². The Bertz CT molecular complexity index is 853. The summed E-state index contributed by atoms with van der Waals surface area (Å²) in [6, 6.07) is 9.92. The molecule has 0 spiro atoms. The Kier molecular flexibility index (Phi) is 7.06. The maximum absolute atomic E-state index is 13.6. The van der Waals surface area contributed by atoms with E-state index >= 15 is 0 Å². The van der Waals surface area contributed by atoms with Crippen molar-refractivity contribution in [1.82, 2.24) is 10.2 Å². The number of rotatable bonds is 7. The average Bonchev–Trinajstić information content (AvgIpc) is 2.76. The molecule has 1 unspecified atom stereocenters. The van der Waals surface area contributed by atoms with Crippen molar-refractivity contribution in [3.63, 3.8) is 0 Å². The van der Waals surface area contributed by atoms with Crippen molar-refractivity contribution in [2.75, 3.05) is 47.1 Å². The van der Waals surface area contributed by atoms with Crippen LogP contribution in [0.1, 0.15) is 27.5 Å². The number of ether oxygens (including phenoxy) is 3. The largest absolute Gasteiger partial charge is 0.493 e. The van der Waals surface area contributed by atoms with Crippen molar-refractivity contribution in [3.8, 4) is 11.5 Å². The van der Waals surface area contributed by atoms with Crippen LogP contribution in [0, 0.1) is 12.7 Å². The first-order chi connectivity index (χ1) is 14.0. The van der Waals surface area contributed by atoms with Crippen LogP contribution in [0.2, 0.25) is 0 Å². The molecular formula is C22H27FN2O4. The quantitative estimate of drug-likeness (QED) is 0.772. The first kappa shape index (κ1) is 21.1. The van der Waals surface area contributed by atoms with Crippen molar-refractivity contribution in [2.45, 2.75) is 13.0 Å². The molecule has 3 rings (SSSR count). The maximum atomic E-state index is 13.6. The molecule has 0 bridgehead atoms. The first-order valence-electron chi connectivity index (χ1n) is 9.61. The van der Waals surface area contributed by atoms with Gasteiger partial charge in [0.15, 0.2) is 11.5 Å². The lowest BCUT2D eigenvalue weighted by molar-refractivity contribution is 0.0162. The zero-order valence-electron chi connectivity index (χ0n) is 17.0. The topological polar surface area (TPSA) is 60.0 Å². The van der Waals surface area contributed by atoms with Gasteiger partial charge in [-0.15, -0.1) is 0 Å². The van der Waals surface area contributed by atoms with Gasteiger partial charge in [0.05, 0.1) is 33.5 Å². The predicted octanol–water partition coefficient (Wildman–Crippen LogP) is 2.95. The minimum atomic E-state index is -0.426. The van der Waals surface area contributed by atoms with E-state index in [9.17, 15) is 9.18 Å². The van der Waals surface area contributed by atoms with Crippen LogP contribution in [-0.4, -0.2) is 57.9 Å². The molecule has 1 fully saturated rings. The minimum Gasteiger partial charge on any atom is -0.493 e. The Hall–Kier alpha value is -2.64. The first-order valence-corrected chi connectivity index (χ1v) is 9.61. The normalized spacial score (nSPS) is 15.6. The summed E-state index contributed by atoms with van der Waals surface area (Å²) < 4.78 is 29.8. The summed E-state index contributed by atoms with van der Waals surface area (Å²) in [5.41, 5.74) is 2.08. The number of morpholine rings is 1. The Balaban J connectivity index is 1.82. The van der Waals surface area contributed by atoms with E-state index in [1.165, 1.54) is 12.1 Å². The predicted molar refractivity (Wildman–Crippen MR) is 108 cm³/mol. The summed E-state index contributed by atoms with van der Waals surface area (Å²) in [4.78, 5) is 15.0. The Labute approximate surface area is 170 Å². The summed E-state index contributed by atoms with van der Waals surface area (Å²) in [5, 5.41) is 2.97. The van der Waals surface area contributed by atoms with Crippen LogP contribution in [0.3, 0.4) is 0 Å². The van der Waals surface area contributed by atoms with Crippen molar-refractivity contribution in [3.05, 3.63) is 58.9 Å². The number of hydrogen-bond donors (Lipinski definition) is 1. The molecule has 1 aliphatic rings. The van der Waals surface area contributed by atoms with Crippen molar-refractivity contribution in [2.24, 2.45) is 0 Å². The van der Waals surface area contributed by atoms with Crippen LogP contribution >= 0.6 is 0 Å². The molecule has 0 aromatic heterocycles. The average molecular weight is 402 g/mol. The van der Waals surface area contributed by atoms with Crippen LogP contribution in [-0.2, 0) is 4.74 Å². The number of methoxy groups -OCH3 is 2. The fraction of sp³-hybridized carbons (Fsp3) is 0.409. The second-order valence-corrected chi connectivity index (χ2v) is 6.95. The summed E-state index contributed by atoms with van der Waals surface area (Å²) in [6.45, 7) is 4.97. The van der Waals surface area contributed by atoms with Crippen LogP contribution < -0.4 is 14.8 Å². The molecular weight excluding hydrogens is 375 g/mol. The van der Waals surface area contributed by atoms with E-state index < -0.39 is 5.82 Å². The van der Waals surface area contributed by atoms with Crippen LogP contribution in [0.25, 0.3) is 0 Å². The van der Waals surface area contributed by atoms with Crippen LogP contribution in [0.5, 0.6) is 11.5 Å². The van der Waals surface area contributed by atoms with Gasteiger partial charge in [0.25, 0.3) is 5.91 Å². The monoisotopic (exact) mass is 402 g/mol. The molecule has 29 heavy (non-hydrogen) atoms. The number of benzene rings is 2. The Morgan fingerprint density at radius 1 is 1.14 bits per heavy atom. The lowest BCUT2D eigenvalue weighted by atomic mass is 10.0. The molecule has 1 aliphatic heterocycles. The third kappa shape index (κ3) is 5.05. The lowest BCUT2D eigenvalue weighted by Crippen LogP contribution is -2.43. The molecule has 6 nitrogen and oxygen atoms in total. The number of nitrogens with one attached hydrogen (secondary N) is 1. The fourth-order valence-corrected chi connectivity index (χ4v) is 3.53. The SMILES string of the molecule is COc1ccc(C(CNC(=O)c2cc(F)ccc2C)N2CCOCC2)cc1OC. The van der Waals surface area contributed by atoms with Gasteiger partial charge in [-0.1, -0.05) is 12.1 Å². The number of carbonyl (C=O) groups is 1. The molecule has 0 aliphatic carbocycles. The molecule has 1 N–H and O–H groups in total. The molecule has 0 saturated carbocycles. The van der Waals surface area contributed by atoms with Gasteiger partial charge in [-0.3, -0.25) is 9.69 Å². The van der Waals surface area contributed by atoms with Crippen molar-refractivity contribution < 1.29 is 23.4 Å². The van der Waals surface area contributed by atoms with E-state index in [0.717, 1.165) is 24.2 Å². The smallest absolute Gasteiger partial charge is 0.251 e. The molecule has 1 saturated heterocycles. The molecule has 1 amide bonds. The van der Waals surface area contributed by atoms with E-state index in [2.05, 4.69) is 10.2 Å². The number of nitrogens with zero attached hydrogens (tertiary/aromatic N) is 1. The number of aryl methyl sites for hydroxylation is 1. The van der Waals surface area contributed by atoms with Gasteiger partial charge < -0.3 is 19.5 Å². The van der Waals surface area contributed by atoms with Crippen LogP contribution in [0.4, 0.5) is 4.39 Å². The Morgan fingerprint density at radius 2 is 1.86 bits per heavy atom. The second-order valence-electron chi connectivity index (χ2n) is 6.95. The number of halogens is 1. The van der Waals surface area contributed by atoms with E-state index in [0.29, 0.717) is 36.8 Å². The minimum absolute atomic E-state index is 0.0727. The standard InChI is InChI=1S/C22H27FN2O4/c1-15-4-6-17(23)13-18(15)22(26)24-14-19(25-8-10-29-11-9-25)16-5-7-20(27-2)21(12-16)28-3/h4-7,12-13,19H,8-11,14H2,1-3H3,(H,24,26). The lowest BCUT2D eigenvalue weighted by Gasteiger charge is -2.35. The van der Waals surface area contributed by atoms with Gasteiger partial charge in [-0.05, 0) is 42.3 Å². The highest BCUT2D eigenvalue weighted by molar-refractivity contribution is 5.95. The van der Waals surface area contributed by atoms with Crippen LogP contribution in [0.15, 0.2) is 36.4 Å². The molecule has 0 radical (unpaired) electrons. The number of amides is 1. The number of carbonyl (C=O) groups excluding carboxylic acids is 1. The van der Waals surface area contributed by atoms with Gasteiger partial charge in [-0.2, -0.15) is 0 Å². The summed E-state index contributed by atoms with van der Waals surface area (Å²) in [6.07, 6.45) is 0. The highest BCUT2D eigenvalue weighted by Gasteiger charge is 2.25. The third-order valence-electron chi connectivity index (χ3n) is 5.18. The third-order valence-corrected chi connectivity index (χ3v) is 5.18. The maximum Gasteiger partial charge on any atom is 0.251 e. The molecule has 7 heteroatoms. The highest BCUT2D eigenvalue weighted by atomic mass is 19.1. The van der Waals surface area contributed by atoms with E-state index in [4.69, 9.17) is 14.2 Å². The van der Waals surface area contributed by atoms with E-state index in [1.807, 2.05) is 18.2 Å². The van der Waals surface area contributed by atoms with Gasteiger partial charge in [-0.25, -0.2) is 4.39 Å². The fourth-order valence-electron chi connectivity index (χ4n) is 3.53. The van der Waals surface area contributed by atoms with Gasteiger partial charge in [0.2, 0.25) is 0 Å². The number of hydrogen-bond acceptors (Lipinski definition) is 5. The highest BCUT2D eigenvalue weighted by Crippen LogP contribution is 2.32. The second kappa shape index (κ2) is 9.71. The summed E-state index contributed by atoms with van der Waals surface area (Å²) in [7, 11) is 3.19. The zero-order valence-corrected chi connectivity index (χ0v) is 17.0. The van der Waals surface area contributed by atoms with Gasteiger partial charge in [0, 0.05) is 25.2 Å². The molecule has 2 aromatic carbocycles. The van der Waals surface area contributed by atoms with Gasteiger partial charge in [0.1, 0.15) is 5.82 Å². The van der Waals surface area contributed by atoms with Crippen molar-refractivity contribution >= 4 is 5.91 Å². The molecule has 156 valence electrons. The molecule has 1 atom stereocenters. The molecule has 2 aromatic rings. The van der Waals surface area contributed by atoms with E-state index in [-0.39, 0.29) is 11.9 Å². The van der Waals surface area contributed by atoms with E-state index in [1.54, 1.807) is 27.2 Å². The summed E-state index contributed by atoms with van der Waals surface area (Å²) in [5.74, 6) is 0.568.